The minimum absolute atomic E-state index is 0.340. The standard InChI is InChI=1S/C16H21ClN2O3/c1-5-11-8-13(21-10-12-6-7-18-12)9-19(14(11)17)15(20)22-16(2,3)4/h1,8-9,12,14,18H,6-7,10H2,2-4H3/t12?,14-/m1/s1. The molecule has 1 amide bonds. The molecule has 0 aromatic heterocycles. The van der Waals surface area contributed by atoms with Crippen LogP contribution in [-0.2, 0) is 9.47 Å². The van der Waals surface area contributed by atoms with Crippen LogP contribution in [-0.4, -0.2) is 41.3 Å². The van der Waals surface area contributed by atoms with Crippen molar-refractivity contribution in [3.8, 4) is 12.3 Å². The monoisotopic (exact) mass is 324 g/mol. The average molecular weight is 325 g/mol. The molecule has 5 nitrogen and oxygen atoms in total. The fourth-order valence-corrected chi connectivity index (χ4v) is 2.21. The second-order valence-corrected chi connectivity index (χ2v) is 6.66. The van der Waals surface area contributed by atoms with Crippen molar-refractivity contribution in [2.24, 2.45) is 0 Å². The minimum atomic E-state index is -0.769. The third kappa shape index (κ3) is 4.19. The van der Waals surface area contributed by atoms with Gasteiger partial charge < -0.3 is 14.8 Å². The van der Waals surface area contributed by atoms with Crippen LogP contribution in [0.25, 0.3) is 0 Å². The highest BCUT2D eigenvalue weighted by Gasteiger charge is 2.31. The highest BCUT2D eigenvalue weighted by molar-refractivity contribution is 6.23. The Hall–Kier alpha value is -1.64. The van der Waals surface area contributed by atoms with Gasteiger partial charge in [-0.1, -0.05) is 17.5 Å². The van der Waals surface area contributed by atoms with Crippen LogP contribution in [0.1, 0.15) is 27.2 Å². The molecule has 6 heteroatoms. The lowest BCUT2D eigenvalue weighted by Crippen LogP contribution is -2.46. The maximum Gasteiger partial charge on any atom is 0.416 e. The molecule has 0 aromatic carbocycles. The molecule has 1 saturated heterocycles. The van der Waals surface area contributed by atoms with Gasteiger partial charge in [-0.3, -0.25) is 4.90 Å². The summed E-state index contributed by atoms with van der Waals surface area (Å²) in [5.74, 6) is 2.99. The van der Waals surface area contributed by atoms with Crippen LogP contribution in [0.3, 0.4) is 0 Å². The molecule has 2 atom stereocenters. The highest BCUT2D eigenvalue weighted by Crippen LogP contribution is 2.26. The van der Waals surface area contributed by atoms with E-state index < -0.39 is 17.2 Å². The number of hydrogen-bond donors (Lipinski definition) is 1. The van der Waals surface area contributed by atoms with Crippen molar-refractivity contribution in [1.29, 1.82) is 0 Å². The van der Waals surface area contributed by atoms with Gasteiger partial charge in [-0.25, -0.2) is 4.79 Å². The Bertz CT molecular complexity index is 539. The number of ether oxygens (including phenoxy) is 2. The molecule has 2 aliphatic rings. The summed E-state index contributed by atoms with van der Waals surface area (Å²) in [6.45, 7) is 6.90. The lowest BCUT2D eigenvalue weighted by atomic mass is 10.1. The quantitative estimate of drug-likeness (QED) is 0.492. The van der Waals surface area contributed by atoms with E-state index in [0.717, 1.165) is 13.0 Å². The topological polar surface area (TPSA) is 50.8 Å². The lowest BCUT2D eigenvalue weighted by Gasteiger charge is -2.32. The summed E-state index contributed by atoms with van der Waals surface area (Å²) in [6.07, 6.45) is 9.19. The predicted octanol–water partition coefficient (Wildman–Crippen LogP) is 2.58. The van der Waals surface area contributed by atoms with E-state index in [9.17, 15) is 4.79 Å². The van der Waals surface area contributed by atoms with Crippen molar-refractivity contribution in [3.63, 3.8) is 0 Å². The van der Waals surface area contributed by atoms with Crippen molar-refractivity contribution >= 4 is 17.7 Å². The van der Waals surface area contributed by atoms with Gasteiger partial charge in [-0.15, -0.1) is 6.42 Å². The number of hydrogen-bond acceptors (Lipinski definition) is 4. The van der Waals surface area contributed by atoms with E-state index in [0.29, 0.717) is 24.0 Å². The number of carbonyl (C=O) groups is 1. The van der Waals surface area contributed by atoms with Gasteiger partial charge in [0, 0.05) is 11.6 Å². The molecule has 0 bridgehead atoms. The molecule has 0 spiro atoms. The molecule has 22 heavy (non-hydrogen) atoms. The minimum Gasteiger partial charge on any atom is -0.490 e. The van der Waals surface area contributed by atoms with Gasteiger partial charge in [0.2, 0.25) is 0 Å². The largest absolute Gasteiger partial charge is 0.490 e. The van der Waals surface area contributed by atoms with E-state index in [4.69, 9.17) is 27.5 Å². The Morgan fingerprint density at radius 3 is 2.77 bits per heavy atom. The van der Waals surface area contributed by atoms with E-state index in [1.54, 1.807) is 26.8 Å². The first-order valence-electron chi connectivity index (χ1n) is 7.22. The molecule has 2 heterocycles. The molecular weight excluding hydrogens is 304 g/mol. The number of alkyl halides is 1. The van der Waals surface area contributed by atoms with Crippen LogP contribution >= 0.6 is 11.6 Å². The molecule has 1 fully saturated rings. The first-order valence-corrected chi connectivity index (χ1v) is 7.65. The van der Waals surface area contributed by atoms with E-state index in [-0.39, 0.29) is 0 Å². The molecule has 2 rings (SSSR count). The van der Waals surface area contributed by atoms with Crippen molar-refractivity contribution in [2.75, 3.05) is 13.2 Å². The van der Waals surface area contributed by atoms with Crippen LogP contribution < -0.4 is 5.32 Å². The third-order valence-electron chi connectivity index (χ3n) is 3.21. The zero-order valence-corrected chi connectivity index (χ0v) is 13.8. The van der Waals surface area contributed by atoms with Gasteiger partial charge in [0.1, 0.15) is 23.5 Å². The number of carbonyl (C=O) groups excluding carboxylic acids is 1. The van der Waals surface area contributed by atoms with Crippen LogP contribution in [0.15, 0.2) is 23.6 Å². The van der Waals surface area contributed by atoms with Gasteiger partial charge >= 0.3 is 6.09 Å². The normalized spacial score (nSPS) is 24.6. The maximum absolute atomic E-state index is 12.2. The molecule has 120 valence electrons. The predicted molar refractivity (Wildman–Crippen MR) is 85.1 cm³/mol. The molecule has 0 saturated carbocycles. The second kappa shape index (κ2) is 6.64. The summed E-state index contributed by atoms with van der Waals surface area (Å²) in [7, 11) is 0. The van der Waals surface area contributed by atoms with Crippen molar-refractivity contribution in [1.82, 2.24) is 10.2 Å². The van der Waals surface area contributed by atoms with Crippen LogP contribution in [0, 0.1) is 12.3 Å². The van der Waals surface area contributed by atoms with Gasteiger partial charge in [0.15, 0.2) is 0 Å². The highest BCUT2D eigenvalue weighted by atomic mass is 35.5. The Balaban J connectivity index is 2.09. The van der Waals surface area contributed by atoms with E-state index in [2.05, 4.69) is 11.2 Å². The summed E-state index contributed by atoms with van der Waals surface area (Å²) in [5.41, 5.74) is -0.920. The van der Waals surface area contributed by atoms with Crippen LogP contribution in [0.4, 0.5) is 4.79 Å². The average Bonchev–Trinajstić information content (AvgIpc) is 2.36. The van der Waals surface area contributed by atoms with E-state index in [1.807, 2.05) is 0 Å². The van der Waals surface area contributed by atoms with E-state index >= 15 is 0 Å². The first-order chi connectivity index (χ1) is 10.3. The SMILES string of the molecule is C#CC1=CC(OCC2CCN2)=CN(C(=O)OC(C)(C)C)[C@H]1Cl. The summed E-state index contributed by atoms with van der Waals surface area (Å²) in [4.78, 5) is 13.5. The summed E-state index contributed by atoms with van der Waals surface area (Å²) < 4.78 is 11.0. The van der Waals surface area contributed by atoms with Gasteiger partial charge in [0.25, 0.3) is 0 Å². The zero-order valence-electron chi connectivity index (χ0n) is 13.1. The summed E-state index contributed by atoms with van der Waals surface area (Å²) >= 11 is 6.24. The smallest absolute Gasteiger partial charge is 0.416 e. The third-order valence-corrected chi connectivity index (χ3v) is 3.66. The lowest BCUT2D eigenvalue weighted by molar-refractivity contribution is 0.0315. The maximum atomic E-state index is 12.2. The van der Waals surface area contributed by atoms with Crippen LogP contribution in [0.2, 0.25) is 0 Å². The fraction of sp³-hybridized carbons (Fsp3) is 0.562. The molecule has 0 radical (unpaired) electrons. The molecule has 1 N–H and O–H groups in total. The van der Waals surface area contributed by atoms with Crippen LogP contribution in [0.5, 0.6) is 0 Å². The molecular formula is C16H21ClN2O3. The number of amides is 1. The Morgan fingerprint density at radius 1 is 1.59 bits per heavy atom. The van der Waals surface area contributed by atoms with Gasteiger partial charge in [0.05, 0.1) is 6.20 Å². The Labute approximate surface area is 136 Å². The summed E-state index contributed by atoms with van der Waals surface area (Å²) in [5, 5.41) is 3.24. The number of terminal acetylenes is 1. The fourth-order valence-electron chi connectivity index (χ4n) is 1.95. The molecule has 2 aliphatic heterocycles. The molecule has 1 unspecified atom stereocenters. The van der Waals surface area contributed by atoms with Gasteiger partial charge in [-0.2, -0.15) is 0 Å². The van der Waals surface area contributed by atoms with Gasteiger partial charge in [-0.05, 0) is 39.8 Å². The van der Waals surface area contributed by atoms with Crippen molar-refractivity contribution in [2.45, 2.75) is 44.3 Å². The first kappa shape index (κ1) is 16.7. The van der Waals surface area contributed by atoms with Crippen molar-refractivity contribution < 1.29 is 14.3 Å². The number of nitrogens with zero attached hydrogens (tertiary/aromatic N) is 1. The molecule has 0 aliphatic carbocycles. The molecule has 0 aromatic rings. The number of allylic oxidation sites excluding steroid dienone is 1. The Kier molecular flexibility index (Phi) is 5.05. The Morgan fingerprint density at radius 2 is 2.27 bits per heavy atom. The summed E-state index contributed by atoms with van der Waals surface area (Å²) in [6, 6.07) is 0.340. The number of halogens is 1. The second-order valence-electron chi connectivity index (χ2n) is 6.25. The number of rotatable bonds is 3. The number of nitrogens with one attached hydrogen (secondary N) is 1. The van der Waals surface area contributed by atoms with E-state index in [1.165, 1.54) is 11.1 Å². The zero-order chi connectivity index (χ0) is 16.3. The van der Waals surface area contributed by atoms with Crippen molar-refractivity contribution in [3.05, 3.63) is 23.6 Å².